The topological polar surface area (TPSA) is 618 Å². The number of allylic oxidation sites excluding steroid dienone is 1. The Hall–Kier alpha value is -11.9. The van der Waals surface area contributed by atoms with E-state index in [0.29, 0.717) is 17.7 Å². The molecule has 0 spiro atoms. The number of aliphatic carboxylic acids is 3. The number of anilines is 2. The van der Waals surface area contributed by atoms with Gasteiger partial charge in [-0.25, -0.2) is 0 Å². The van der Waals surface area contributed by atoms with Crippen molar-refractivity contribution in [3.8, 4) is 0 Å². The zero-order valence-electron chi connectivity index (χ0n) is 60.6. The van der Waals surface area contributed by atoms with Crippen LogP contribution < -0.4 is 85.9 Å². The molecule has 0 aliphatic heterocycles. The molecule has 2 aromatic rings. The van der Waals surface area contributed by atoms with Crippen molar-refractivity contribution in [3.05, 3.63) is 84.6 Å². The first-order valence-corrected chi connectivity index (χ1v) is 34.6. The van der Waals surface area contributed by atoms with Crippen LogP contribution in [0.1, 0.15) is 134 Å². The third-order valence-corrected chi connectivity index (χ3v) is 15.8. The molecule has 0 saturated heterocycles. The normalized spacial score (nSPS) is 13.9. The number of aliphatic hydroxyl groups is 1. The smallest absolute Gasteiger partial charge is 0.305 e. The fourth-order valence-electron chi connectivity index (χ4n) is 10.2. The second kappa shape index (κ2) is 49.8. The van der Waals surface area contributed by atoms with Gasteiger partial charge in [-0.15, -0.1) is 0 Å². The number of carbonyl (C=O) groups excluding carboxylic acids is 15. The molecule has 0 aliphatic carbocycles. The minimum absolute atomic E-state index is 0.0204. The van der Waals surface area contributed by atoms with Crippen molar-refractivity contribution in [1.29, 1.82) is 0 Å². The van der Waals surface area contributed by atoms with Crippen molar-refractivity contribution in [3.63, 3.8) is 0 Å². The van der Waals surface area contributed by atoms with Gasteiger partial charge in [-0.05, 0) is 63.1 Å². The molecule has 0 aliphatic rings. The van der Waals surface area contributed by atoms with Crippen LogP contribution in [0.25, 0.3) is 0 Å². The van der Waals surface area contributed by atoms with Crippen molar-refractivity contribution in [1.82, 2.24) is 69.1 Å². The molecule has 2 aromatic carbocycles. The van der Waals surface area contributed by atoms with Gasteiger partial charge < -0.3 is 111 Å². The highest BCUT2D eigenvalue weighted by Crippen LogP contribution is 2.20. The first-order valence-electron chi connectivity index (χ1n) is 34.6. The van der Waals surface area contributed by atoms with Crippen molar-refractivity contribution >= 4 is 118 Å². The molecule has 594 valence electrons. The number of Topliss-reactive ketones (excluding diaryl/α,β-unsaturated/α-hetero) is 1. The summed E-state index contributed by atoms with van der Waals surface area (Å²) >= 11 is 0. The van der Waals surface area contributed by atoms with Gasteiger partial charge in [0.2, 0.25) is 83.2 Å². The van der Waals surface area contributed by atoms with Gasteiger partial charge in [0.15, 0.2) is 12.1 Å². The maximum atomic E-state index is 14.5. The van der Waals surface area contributed by atoms with Crippen LogP contribution in [0.4, 0.5) is 11.4 Å². The summed E-state index contributed by atoms with van der Waals surface area (Å²) in [4.78, 5) is 234. The van der Waals surface area contributed by atoms with Gasteiger partial charge in [0, 0.05) is 42.7 Å². The summed E-state index contributed by atoms with van der Waals surface area (Å²) in [6, 6.07) is -1.80. The number of aliphatic hydroxyl groups excluding tert-OH is 1. The number of hydrogen-bond donors (Lipinski definition) is 20. The van der Waals surface area contributed by atoms with Crippen LogP contribution in [0.5, 0.6) is 0 Å². The molecule has 0 radical (unpaired) electrons. The SMILES string of the molecule is C=CNc1ccccc1C[C@H](NC(=O)CCCCCCCCC)C(=O)N[C@H](CC(N)=O)C(=O)N[C@@H](CC(=O)O)C(=O)N[C@H](C(=O)NCC(=O)NCC)[C@@H](C)OC(O)C(C=CCC(=O)c1ccccc1N)NC(=O)[C@@H](NC(=O)CNC(=O)CNC(=O)CNC(=O)[C@@H](C)NC(=O)[C@H](CC(=O)O)NC=O)[C@H](C)CC(=O)O. The number of ketones is 1. The van der Waals surface area contributed by atoms with E-state index >= 15 is 0 Å². The number of primary amides is 1. The molecule has 39 nitrogen and oxygen atoms in total. The third kappa shape index (κ3) is 36.2. The predicted octanol–water partition coefficient (Wildman–Crippen LogP) is -3.88. The van der Waals surface area contributed by atoms with E-state index in [1.54, 1.807) is 37.3 Å². The molecule has 0 aromatic heterocycles. The van der Waals surface area contributed by atoms with Gasteiger partial charge in [-0.1, -0.05) is 101 Å². The summed E-state index contributed by atoms with van der Waals surface area (Å²) in [5.74, 6) is -20.5. The minimum atomic E-state index is -2.41. The van der Waals surface area contributed by atoms with E-state index < -0.39 is 225 Å². The maximum absolute atomic E-state index is 14.5. The van der Waals surface area contributed by atoms with Crippen molar-refractivity contribution in [2.45, 2.75) is 185 Å². The number of ether oxygens (including phenoxy) is 1. The second-order valence-electron chi connectivity index (χ2n) is 24.7. The largest absolute Gasteiger partial charge is 0.481 e. The molecule has 0 heterocycles. The van der Waals surface area contributed by atoms with Gasteiger partial charge in [-0.3, -0.25) is 86.3 Å². The van der Waals surface area contributed by atoms with E-state index in [1.807, 2.05) is 5.32 Å². The Morgan fingerprint density at radius 2 is 1.06 bits per heavy atom. The Labute approximate surface area is 621 Å². The molecular formula is C69H100N16O23. The highest BCUT2D eigenvalue weighted by Gasteiger charge is 2.38. The molecule has 14 amide bonds. The van der Waals surface area contributed by atoms with E-state index in [1.165, 1.54) is 38.2 Å². The summed E-state index contributed by atoms with van der Waals surface area (Å²) in [6.07, 6.45) is 1.00. The molecule has 0 fully saturated rings. The van der Waals surface area contributed by atoms with Gasteiger partial charge in [0.25, 0.3) is 0 Å². The van der Waals surface area contributed by atoms with Gasteiger partial charge >= 0.3 is 17.9 Å². The van der Waals surface area contributed by atoms with Gasteiger partial charge in [0.05, 0.1) is 64.0 Å². The number of para-hydroxylation sites is 2. The van der Waals surface area contributed by atoms with Gasteiger partial charge in [0.1, 0.15) is 42.3 Å². The number of rotatable bonds is 54. The number of unbranched alkanes of at least 4 members (excludes halogenated alkanes) is 6. The van der Waals surface area contributed by atoms with Crippen LogP contribution in [-0.2, 0) is 92.7 Å². The van der Waals surface area contributed by atoms with Crippen LogP contribution in [0.2, 0.25) is 0 Å². The molecule has 2 unspecified atom stereocenters. The van der Waals surface area contributed by atoms with Crippen LogP contribution >= 0.6 is 0 Å². The zero-order chi connectivity index (χ0) is 81.0. The summed E-state index contributed by atoms with van der Waals surface area (Å²) in [5, 5.41) is 73.1. The predicted molar refractivity (Wildman–Crippen MR) is 385 cm³/mol. The highest BCUT2D eigenvalue weighted by molar-refractivity contribution is 6.02. The fraction of sp³-hybridized carbons (Fsp3) is 0.507. The van der Waals surface area contributed by atoms with Crippen LogP contribution in [0.3, 0.4) is 0 Å². The van der Waals surface area contributed by atoms with Crippen LogP contribution in [0, 0.1) is 5.92 Å². The standard InChI is InChI=1S/C69H100N16O23/c1-7-10-11-12-13-14-15-27-52(89)80-47(29-41-21-16-19-24-44(41)72-8-2)64(102)82-48(30-51(71)88)65(103)83-49(32-59(98)99)66(104)85-61(67(105)77-34-53(90)73-9-3)40(6)108-69(107)45(25-20-26-50(87)42-22-17-18-23-43(42)70)81-68(106)60(38(4)28-57(94)95)84-56(93)36-75-54(91)33-74-55(92)35-76-62(100)39(5)79-63(101)46(78-37-86)31-58(96)97/h8,16-25,37-40,45-49,60-61,69,72,107H,2,7,9-15,26-36,70H2,1,3-6H3,(H2,71,88)(H,73,90)(H,74,92)(H,75,91)(H,76,100)(H,77,105)(H,78,86)(H,79,101)(H,80,89)(H,81,106)(H,82,102)(H,83,103)(H,84,93)(H,85,104)(H,94,95)(H,96,97)(H,98,99)/t38-,39-,40-,45?,46+,47+,48-,49+,60+,61+,69?/m1/s1. The number of carboxylic acids is 3. The van der Waals surface area contributed by atoms with Gasteiger partial charge in [-0.2, -0.15) is 0 Å². The quantitative estimate of drug-likeness (QED) is 0.00752. The van der Waals surface area contributed by atoms with E-state index in [0.717, 1.165) is 57.6 Å². The van der Waals surface area contributed by atoms with E-state index in [9.17, 15) is 102 Å². The number of nitrogens with two attached hydrogens (primary N) is 2. The van der Waals surface area contributed by atoms with Crippen LogP contribution in [0.15, 0.2) is 73.5 Å². The molecule has 2 rings (SSSR count). The lowest BCUT2D eigenvalue weighted by molar-refractivity contribution is -0.162. The zero-order valence-corrected chi connectivity index (χ0v) is 60.6. The highest BCUT2D eigenvalue weighted by atomic mass is 16.6. The summed E-state index contributed by atoms with van der Waals surface area (Å²) in [5.41, 5.74) is 12.7. The lowest BCUT2D eigenvalue weighted by Gasteiger charge is -2.31. The Morgan fingerprint density at radius 1 is 0.528 bits per heavy atom. The fourth-order valence-corrected chi connectivity index (χ4v) is 10.2. The summed E-state index contributed by atoms with van der Waals surface area (Å²) < 4.78 is 5.85. The molecule has 11 atom stereocenters. The molecule has 0 bridgehead atoms. The average Bonchev–Trinajstić information content (AvgIpc) is 0.850. The Kier molecular flexibility index (Phi) is 42.5. The van der Waals surface area contributed by atoms with Crippen molar-refractivity contribution < 1.29 is 111 Å². The molecule has 0 saturated carbocycles. The summed E-state index contributed by atoms with van der Waals surface area (Å²) in [7, 11) is 0. The second-order valence-corrected chi connectivity index (χ2v) is 24.7. The average molecular weight is 1520 g/mol. The van der Waals surface area contributed by atoms with Crippen molar-refractivity contribution in [2.75, 3.05) is 43.8 Å². The molecule has 39 heteroatoms. The Bertz CT molecular complexity index is 3520. The number of carboxylic acid groups (broad SMARTS) is 3. The molecule has 22 N–H and O–H groups in total. The van der Waals surface area contributed by atoms with E-state index in [2.05, 4.69) is 82.6 Å². The molecule has 108 heavy (non-hydrogen) atoms. The number of amides is 14. The number of hydrogen-bond acceptors (Lipinski definition) is 22. The number of carbonyl (C=O) groups is 18. The maximum Gasteiger partial charge on any atom is 0.305 e. The molecular weight excluding hydrogens is 1420 g/mol. The first kappa shape index (κ1) is 92.2. The lowest BCUT2D eigenvalue weighted by atomic mass is 9.96. The number of nitrogen functional groups attached to an aromatic ring is 1. The lowest BCUT2D eigenvalue weighted by Crippen LogP contribution is -2.61. The number of nitrogens with one attached hydrogen (secondary N) is 14. The van der Waals surface area contributed by atoms with Crippen molar-refractivity contribution in [2.24, 2.45) is 11.7 Å². The Balaban J connectivity index is 2.55. The Morgan fingerprint density at radius 3 is 1.65 bits per heavy atom. The third-order valence-electron chi connectivity index (χ3n) is 15.8. The number of benzene rings is 2. The van der Waals surface area contributed by atoms with E-state index in [4.69, 9.17) is 21.3 Å². The monoisotopic (exact) mass is 1520 g/mol. The van der Waals surface area contributed by atoms with E-state index in [-0.39, 0.29) is 37.0 Å². The minimum Gasteiger partial charge on any atom is -0.481 e. The number of likely N-dealkylation sites (N-methyl/N-ethyl adjacent to an activating group) is 1. The first-order chi connectivity index (χ1) is 51.1. The summed E-state index contributed by atoms with van der Waals surface area (Å²) in [6.45, 7) is 7.55. The van der Waals surface area contributed by atoms with Crippen LogP contribution in [-0.4, -0.2) is 221 Å².